The number of anilines is 1. The van der Waals surface area contributed by atoms with Crippen LogP contribution in [0.2, 0.25) is 0 Å². The molecule has 1 amide bonds. The van der Waals surface area contributed by atoms with Crippen LogP contribution in [0.5, 0.6) is 6.01 Å². The van der Waals surface area contributed by atoms with Crippen molar-refractivity contribution in [1.29, 1.82) is 5.26 Å². The fraction of sp³-hybridized carbons (Fsp3) is 0.429. The Bertz CT molecular complexity index is 372. The summed E-state index contributed by atoms with van der Waals surface area (Å²) in [4.78, 5) is 15.0. The first kappa shape index (κ1) is 11.3. The maximum Gasteiger partial charge on any atom is 0.336 e. The summed E-state index contributed by atoms with van der Waals surface area (Å²) in [6, 6.07) is 2.09. The Morgan fingerprint density at radius 3 is 3.20 bits per heavy atom. The lowest BCUT2D eigenvalue weighted by Crippen LogP contribution is -2.15. The van der Waals surface area contributed by atoms with Crippen LogP contribution in [-0.4, -0.2) is 39.7 Å². The zero-order valence-corrected chi connectivity index (χ0v) is 8.80. The number of aromatic nitrogens is 3. The summed E-state index contributed by atoms with van der Waals surface area (Å²) in [6.07, 6.45) is 0. The standard InChI is InChI=1S/C7H9N5O2S/c1-14-7-10-6(11-12-7)9-5(13)4-15-3-2-8/h3-4H2,1H3,(H2,9,10,11,12,13). The molecule has 2 N–H and O–H groups in total. The number of thioether (sulfide) groups is 1. The van der Waals surface area contributed by atoms with Crippen LogP contribution in [0.1, 0.15) is 0 Å². The third kappa shape index (κ3) is 3.86. The minimum absolute atomic E-state index is 0.162. The van der Waals surface area contributed by atoms with Gasteiger partial charge < -0.3 is 4.74 Å². The zero-order chi connectivity index (χ0) is 11.1. The van der Waals surface area contributed by atoms with Gasteiger partial charge in [-0.15, -0.1) is 16.9 Å². The van der Waals surface area contributed by atoms with Gasteiger partial charge in [0.2, 0.25) is 11.9 Å². The summed E-state index contributed by atoms with van der Waals surface area (Å²) in [6.45, 7) is 0. The van der Waals surface area contributed by atoms with Crippen LogP contribution >= 0.6 is 11.8 Å². The molecule has 8 heteroatoms. The highest BCUT2D eigenvalue weighted by molar-refractivity contribution is 8.00. The molecule has 0 aliphatic carbocycles. The van der Waals surface area contributed by atoms with Crippen LogP contribution in [0.4, 0.5) is 5.95 Å². The average Bonchev–Trinajstić information content (AvgIpc) is 2.66. The number of ether oxygens (including phenoxy) is 1. The van der Waals surface area contributed by atoms with E-state index in [1.807, 2.05) is 6.07 Å². The first-order chi connectivity index (χ1) is 7.26. The number of amides is 1. The number of hydrogen-bond acceptors (Lipinski definition) is 6. The van der Waals surface area contributed by atoms with E-state index in [0.29, 0.717) is 0 Å². The normalized spacial score (nSPS) is 9.33. The molecule has 1 rings (SSSR count). The smallest absolute Gasteiger partial charge is 0.336 e. The van der Waals surface area contributed by atoms with Crippen molar-refractivity contribution < 1.29 is 9.53 Å². The lowest BCUT2D eigenvalue weighted by atomic mass is 10.7. The Kier molecular flexibility index (Phi) is 4.43. The molecule has 0 spiro atoms. The molecular weight excluding hydrogens is 218 g/mol. The number of nitriles is 1. The zero-order valence-electron chi connectivity index (χ0n) is 7.98. The molecule has 15 heavy (non-hydrogen) atoms. The van der Waals surface area contributed by atoms with Gasteiger partial charge in [-0.25, -0.2) is 5.10 Å². The molecule has 1 heterocycles. The highest BCUT2D eigenvalue weighted by Gasteiger charge is 2.06. The number of nitrogens with zero attached hydrogens (tertiary/aromatic N) is 3. The van der Waals surface area contributed by atoms with Crippen molar-refractivity contribution in [2.45, 2.75) is 0 Å². The maximum atomic E-state index is 11.2. The lowest BCUT2D eigenvalue weighted by molar-refractivity contribution is -0.113. The Morgan fingerprint density at radius 2 is 2.60 bits per heavy atom. The quantitative estimate of drug-likeness (QED) is 0.686. The highest BCUT2D eigenvalue weighted by atomic mass is 32.2. The third-order valence-electron chi connectivity index (χ3n) is 1.31. The molecule has 0 aromatic carbocycles. The summed E-state index contributed by atoms with van der Waals surface area (Å²) in [7, 11) is 1.43. The molecule has 0 fully saturated rings. The SMILES string of the molecule is COc1n[nH]c(NC(=O)CSCC#N)n1. The molecular formula is C7H9N5O2S. The number of aromatic amines is 1. The van der Waals surface area contributed by atoms with Crippen LogP contribution in [0.15, 0.2) is 0 Å². The topological polar surface area (TPSA) is 104 Å². The molecule has 0 aliphatic rings. The molecule has 0 aliphatic heterocycles. The summed E-state index contributed by atoms with van der Waals surface area (Å²) in [5.41, 5.74) is 0. The van der Waals surface area contributed by atoms with Gasteiger partial charge in [0, 0.05) is 0 Å². The predicted octanol–water partition coefficient (Wildman–Crippen LogP) is 0.00858. The molecule has 7 nitrogen and oxygen atoms in total. The van der Waals surface area contributed by atoms with Crippen LogP contribution < -0.4 is 10.1 Å². The second kappa shape index (κ2) is 5.87. The first-order valence-electron chi connectivity index (χ1n) is 3.97. The molecule has 0 unspecified atom stereocenters. The Hall–Kier alpha value is -1.75. The molecule has 0 atom stereocenters. The van der Waals surface area contributed by atoms with Gasteiger partial charge in [0.1, 0.15) is 0 Å². The molecule has 0 bridgehead atoms. The fourth-order valence-electron chi connectivity index (χ4n) is 0.751. The van der Waals surface area contributed by atoms with E-state index in [1.165, 1.54) is 18.9 Å². The second-order valence-corrected chi connectivity index (χ2v) is 3.36. The predicted molar refractivity (Wildman–Crippen MR) is 54.5 cm³/mol. The summed E-state index contributed by atoms with van der Waals surface area (Å²) in [5.74, 6) is 0.479. The van der Waals surface area contributed by atoms with Gasteiger partial charge >= 0.3 is 6.01 Å². The van der Waals surface area contributed by atoms with Gasteiger partial charge in [0.05, 0.1) is 24.7 Å². The van der Waals surface area contributed by atoms with Crippen molar-refractivity contribution in [2.24, 2.45) is 0 Å². The molecule has 0 radical (unpaired) electrons. The maximum absolute atomic E-state index is 11.2. The van der Waals surface area contributed by atoms with E-state index < -0.39 is 0 Å². The van der Waals surface area contributed by atoms with E-state index in [-0.39, 0.29) is 29.4 Å². The summed E-state index contributed by atoms with van der Waals surface area (Å²) in [5, 5.41) is 16.9. The first-order valence-corrected chi connectivity index (χ1v) is 5.12. The third-order valence-corrected chi connectivity index (χ3v) is 2.10. The van der Waals surface area contributed by atoms with Gasteiger partial charge in [-0.3, -0.25) is 10.1 Å². The van der Waals surface area contributed by atoms with Gasteiger partial charge in [-0.1, -0.05) is 0 Å². The van der Waals surface area contributed by atoms with Crippen LogP contribution in [-0.2, 0) is 4.79 Å². The number of methoxy groups -OCH3 is 1. The number of H-pyrrole nitrogens is 1. The van der Waals surface area contributed by atoms with E-state index in [2.05, 4.69) is 20.5 Å². The second-order valence-electron chi connectivity index (χ2n) is 2.37. The van der Waals surface area contributed by atoms with E-state index in [9.17, 15) is 4.79 Å². The van der Waals surface area contributed by atoms with Crippen LogP contribution in [0.3, 0.4) is 0 Å². The van der Waals surface area contributed by atoms with E-state index in [0.717, 1.165) is 0 Å². The van der Waals surface area contributed by atoms with Gasteiger partial charge in [-0.05, 0) is 0 Å². The molecule has 0 saturated heterocycles. The van der Waals surface area contributed by atoms with Crippen molar-refractivity contribution in [2.75, 3.05) is 23.9 Å². The van der Waals surface area contributed by atoms with Crippen molar-refractivity contribution in [3.05, 3.63) is 0 Å². The Balaban J connectivity index is 2.34. The minimum Gasteiger partial charge on any atom is -0.466 e. The molecule has 1 aromatic heterocycles. The van der Waals surface area contributed by atoms with Crippen LogP contribution in [0, 0.1) is 11.3 Å². The Morgan fingerprint density at radius 1 is 1.80 bits per heavy atom. The van der Waals surface area contributed by atoms with Crippen molar-refractivity contribution >= 4 is 23.6 Å². The lowest BCUT2D eigenvalue weighted by Gasteiger charge is -1.98. The van der Waals surface area contributed by atoms with Gasteiger partial charge in [0.25, 0.3) is 0 Å². The van der Waals surface area contributed by atoms with Crippen LogP contribution in [0.25, 0.3) is 0 Å². The van der Waals surface area contributed by atoms with E-state index in [4.69, 9.17) is 10.00 Å². The monoisotopic (exact) mass is 227 g/mol. The minimum atomic E-state index is -0.242. The summed E-state index contributed by atoms with van der Waals surface area (Å²) >= 11 is 1.23. The highest BCUT2D eigenvalue weighted by Crippen LogP contribution is 2.05. The molecule has 80 valence electrons. The fourth-order valence-corrected chi connectivity index (χ4v) is 1.20. The average molecular weight is 227 g/mol. The number of hydrogen-bond donors (Lipinski definition) is 2. The van der Waals surface area contributed by atoms with Crippen molar-refractivity contribution in [1.82, 2.24) is 15.2 Å². The number of rotatable bonds is 5. The largest absolute Gasteiger partial charge is 0.466 e. The number of carbonyl (C=O) groups is 1. The van der Waals surface area contributed by atoms with Crippen molar-refractivity contribution in [3.8, 4) is 12.1 Å². The number of carbonyl (C=O) groups excluding carboxylic acids is 1. The molecule has 1 aromatic rings. The summed E-state index contributed by atoms with van der Waals surface area (Å²) < 4.78 is 4.72. The number of nitrogens with one attached hydrogen (secondary N) is 2. The molecule has 0 saturated carbocycles. The Labute approximate surface area is 90.2 Å². The van der Waals surface area contributed by atoms with E-state index >= 15 is 0 Å². The van der Waals surface area contributed by atoms with Gasteiger partial charge in [0.15, 0.2) is 0 Å². The van der Waals surface area contributed by atoms with E-state index in [1.54, 1.807) is 0 Å². The van der Waals surface area contributed by atoms with Crippen molar-refractivity contribution in [3.63, 3.8) is 0 Å². The van der Waals surface area contributed by atoms with Gasteiger partial charge in [-0.2, -0.15) is 10.2 Å².